The van der Waals surface area contributed by atoms with Crippen LogP contribution in [0, 0.1) is 0 Å². The lowest BCUT2D eigenvalue weighted by Gasteiger charge is -2.32. The summed E-state index contributed by atoms with van der Waals surface area (Å²) in [6.07, 6.45) is -0.262. The van der Waals surface area contributed by atoms with Crippen LogP contribution in [-0.2, 0) is 26.2 Å². The minimum Gasteiger partial charge on any atom is -0.497 e. The Hall–Kier alpha value is -3.40. The Morgan fingerprint density at radius 3 is 2.29 bits per heavy atom. The fraction of sp³-hybridized carbons (Fsp3) is 0.400. The number of rotatable bonds is 8. The van der Waals surface area contributed by atoms with Crippen molar-refractivity contribution in [2.75, 3.05) is 13.7 Å². The maximum absolute atomic E-state index is 13.3. The summed E-state index contributed by atoms with van der Waals surface area (Å²) >= 11 is 0. The van der Waals surface area contributed by atoms with Gasteiger partial charge in [0.05, 0.1) is 12.7 Å². The lowest BCUT2D eigenvalue weighted by Crippen LogP contribution is -2.52. The first-order chi connectivity index (χ1) is 16.3. The highest BCUT2D eigenvalue weighted by atomic mass is 32.2. The SMILES string of the molecule is COc1ccc(CN(C(=O)CCN2C(=O)c3ccccc3S2(=O)=O)C(C)C(=O)NC(C)(C)C)cc1. The van der Waals surface area contributed by atoms with Crippen LogP contribution in [0.5, 0.6) is 5.75 Å². The minimum atomic E-state index is -4.02. The summed E-state index contributed by atoms with van der Waals surface area (Å²) in [5, 5.41) is 2.87. The zero-order valence-corrected chi connectivity index (χ0v) is 21.4. The highest BCUT2D eigenvalue weighted by Crippen LogP contribution is 2.30. The lowest BCUT2D eigenvalue weighted by molar-refractivity contribution is -0.141. The Balaban J connectivity index is 1.80. The van der Waals surface area contributed by atoms with Gasteiger partial charge >= 0.3 is 0 Å². The van der Waals surface area contributed by atoms with Crippen LogP contribution < -0.4 is 10.1 Å². The number of benzene rings is 2. The number of hydrogen-bond acceptors (Lipinski definition) is 6. The number of fused-ring (bicyclic) bond motifs is 1. The molecule has 1 unspecified atom stereocenters. The van der Waals surface area contributed by atoms with Crippen LogP contribution in [0.25, 0.3) is 0 Å². The first-order valence-electron chi connectivity index (χ1n) is 11.3. The van der Waals surface area contributed by atoms with Crippen molar-refractivity contribution in [3.8, 4) is 5.75 Å². The molecule has 0 aromatic heterocycles. The number of carbonyl (C=O) groups excluding carboxylic acids is 3. The molecule has 0 radical (unpaired) electrons. The molecule has 188 valence electrons. The van der Waals surface area contributed by atoms with E-state index < -0.39 is 33.4 Å². The maximum atomic E-state index is 13.3. The molecular weight excluding hydrogens is 470 g/mol. The molecule has 3 amide bonds. The van der Waals surface area contributed by atoms with Crippen LogP contribution in [-0.4, -0.2) is 60.6 Å². The van der Waals surface area contributed by atoms with Crippen molar-refractivity contribution in [3.63, 3.8) is 0 Å². The summed E-state index contributed by atoms with van der Waals surface area (Å²) in [4.78, 5) is 40.2. The molecule has 9 nitrogen and oxygen atoms in total. The zero-order chi connectivity index (χ0) is 26.0. The van der Waals surface area contributed by atoms with Crippen LogP contribution in [0.3, 0.4) is 0 Å². The van der Waals surface area contributed by atoms with Gasteiger partial charge < -0.3 is 15.0 Å². The fourth-order valence-electron chi connectivity index (χ4n) is 3.78. The Morgan fingerprint density at radius 2 is 1.71 bits per heavy atom. The summed E-state index contributed by atoms with van der Waals surface area (Å²) < 4.78 is 31.6. The molecular formula is C25H31N3O6S. The van der Waals surface area contributed by atoms with E-state index in [2.05, 4.69) is 5.32 Å². The summed E-state index contributed by atoms with van der Waals surface area (Å²) in [6, 6.07) is 12.2. The van der Waals surface area contributed by atoms with E-state index in [0.29, 0.717) is 5.75 Å². The van der Waals surface area contributed by atoms with Gasteiger partial charge in [-0.15, -0.1) is 0 Å². The van der Waals surface area contributed by atoms with Crippen molar-refractivity contribution in [3.05, 3.63) is 59.7 Å². The van der Waals surface area contributed by atoms with E-state index in [1.165, 1.54) is 17.0 Å². The van der Waals surface area contributed by atoms with Crippen molar-refractivity contribution in [1.82, 2.24) is 14.5 Å². The van der Waals surface area contributed by atoms with Crippen molar-refractivity contribution in [2.24, 2.45) is 0 Å². The molecule has 10 heteroatoms. The smallest absolute Gasteiger partial charge is 0.269 e. The van der Waals surface area contributed by atoms with Gasteiger partial charge in [-0.25, -0.2) is 12.7 Å². The molecule has 35 heavy (non-hydrogen) atoms. The van der Waals surface area contributed by atoms with Crippen LogP contribution in [0.15, 0.2) is 53.4 Å². The van der Waals surface area contributed by atoms with Crippen LogP contribution >= 0.6 is 0 Å². The first kappa shape index (κ1) is 26.2. The molecule has 1 aliphatic rings. The number of carbonyl (C=O) groups is 3. The van der Waals surface area contributed by atoms with E-state index in [1.807, 2.05) is 20.8 Å². The molecule has 0 bridgehead atoms. The van der Waals surface area contributed by atoms with Gasteiger partial charge in [-0.3, -0.25) is 14.4 Å². The third kappa shape index (κ3) is 5.82. The average Bonchev–Trinajstić information content (AvgIpc) is 3.00. The summed E-state index contributed by atoms with van der Waals surface area (Å²) in [6.45, 7) is 6.96. The van der Waals surface area contributed by atoms with Crippen molar-refractivity contribution < 1.29 is 27.5 Å². The molecule has 1 aliphatic heterocycles. The second kappa shape index (κ2) is 10.1. The zero-order valence-electron chi connectivity index (χ0n) is 20.6. The summed E-state index contributed by atoms with van der Waals surface area (Å²) in [5.74, 6) is -0.788. The number of nitrogens with zero attached hydrogens (tertiary/aromatic N) is 2. The van der Waals surface area contributed by atoms with E-state index >= 15 is 0 Å². The molecule has 1 heterocycles. The van der Waals surface area contributed by atoms with Crippen molar-refractivity contribution in [1.29, 1.82) is 0 Å². The van der Waals surface area contributed by atoms with Gasteiger partial charge in [0.15, 0.2) is 0 Å². The predicted octanol–water partition coefficient (Wildman–Crippen LogP) is 2.56. The number of sulfonamides is 1. The third-order valence-corrected chi connectivity index (χ3v) is 7.46. The first-order valence-corrected chi connectivity index (χ1v) is 12.7. The number of nitrogens with one attached hydrogen (secondary N) is 1. The maximum Gasteiger partial charge on any atom is 0.269 e. The number of amides is 3. The lowest BCUT2D eigenvalue weighted by atomic mass is 10.1. The second-order valence-electron chi connectivity index (χ2n) is 9.41. The minimum absolute atomic E-state index is 0.0644. The van der Waals surface area contributed by atoms with Gasteiger partial charge in [-0.1, -0.05) is 24.3 Å². The third-order valence-electron chi connectivity index (χ3n) is 5.62. The highest BCUT2D eigenvalue weighted by molar-refractivity contribution is 7.90. The normalized spacial score (nSPS) is 15.3. The van der Waals surface area contributed by atoms with Gasteiger partial charge in [-0.05, 0) is 57.5 Å². The van der Waals surface area contributed by atoms with Crippen LogP contribution in [0.4, 0.5) is 0 Å². The number of methoxy groups -OCH3 is 1. The summed E-state index contributed by atoms with van der Waals surface area (Å²) in [7, 11) is -2.47. The van der Waals surface area contributed by atoms with E-state index in [1.54, 1.807) is 50.4 Å². The van der Waals surface area contributed by atoms with E-state index in [9.17, 15) is 22.8 Å². The van der Waals surface area contributed by atoms with Crippen molar-refractivity contribution in [2.45, 2.75) is 57.1 Å². The quantitative estimate of drug-likeness (QED) is 0.595. The Bertz CT molecular complexity index is 1220. The van der Waals surface area contributed by atoms with Gasteiger partial charge in [0.25, 0.3) is 15.9 Å². The molecule has 1 N–H and O–H groups in total. The van der Waals surface area contributed by atoms with Gasteiger partial charge in [0.1, 0.15) is 16.7 Å². The molecule has 2 aromatic carbocycles. The van der Waals surface area contributed by atoms with Crippen LogP contribution in [0.1, 0.15) is 50.0 Å². The molecule has 3 rings (SSSR count). The molecule has 0 saturated carbocycles. The number of hydrogen-bond donors (Lipinski definition) is 1. The Kier molecular flexibility index (Phi) is 7.54. The molecule has 0 saturated heterocycles. The highest BCUT2D eigenvalue weighted by Gasteiger charge is 2.41. The number of ether oxygens (including phenoxy) is 1. The predicted molar refractivity (Wildman–Crippen MR) is 130 cm³/mol. The standard InChI is InChI=1S/C25H31N3O6S/c1-17(23(30)26-25(2,3)4)27(16-18-10-12-19(34-5)13-11-18)22(29)14-15-28-24(31)20-8-6-7-9-21(20)35(28,32)33/h6-13,17H,14-16H2,1-5H3,(H,26,30). The van der Waals surface area contributed by atoms with Crippen molar-refractivity contribution >= 4 is 27.7 Å². The van der Waals surface area contributed by atoms with E-state index in [4.69, 9.17) is 4.74 Å². The van der Waals surface area contributed by atoms with Gasteiger partial charge in [-0.2, -0.15) is 0 Å². The fourth-order valence-corrected chi connectivity index (χ4v) is 5.35. The topological polar surface area (TPSA) is 113 Å². The molecule has 1 atom stereocenters. The molecule has 0 spiro atoms. The van der Waals surface area contributed by atoms with E-state index in [-0.39, 0.29) is 35.9 Å². The molecule has 0 aliphatic carbocycles. The van der Waals surface area contributed by atoms with Gasteiger partial charge in [0, 0.05) is 25.0 Å². The Labute approximate surface area is 206 Å². The monoisotopic (exact) mass is 501 g/mol. The molecule has 0 fully saturated rings. The summed E-state index contributed by atoms with van der Waals surface area (Å²) in [5.41, 5.74) is 0.363. The van der Waals surface area contributed by atoms with Crippen LogP contribution in [0.2, 0.25) is 0 Å². The second-order valence-corrected chi connectivity index (χ2v) is 11.2. The average molecular weight is 502 g/mol. The van der Waals surface area contributed by atoms with Gasteiger partial charge in [0.2, 0.25) is 11.8 Å². The Morgan fingerprint density at radius 1 is 1.09 bits per heavy atom. The molecule has 2 aromatic rings. The largest absolute Gasteiger partial charge is 0.497 e. The van der Waals surface area contributed by atoms with E-state index in [0.717, 1.165) is 9.87 Å².